The van der Waals surface area contributed by atoms with Crippen LogP contribution in [-0.2, 0) is 0 Å². The van der Waals surface area contributed by atoms with Gasteiger partial charge < -0.3 is 20.8 Å². The monoisotopic (exact) mass is 357 g/mol. The van der Waals surface area contributed by atoms with Crippen LogP contribution in [-0.4, -0.2) is 16.0 Å². The molecule has 2 heterocycles. The second-order valence-corrected chi connectivity index (χ2v) is 6.38. The predicted octanol–water partition coefficient (Wildman–Crippen LogP) is 3.77. The predicted molar refractivity (Wildman–Crippen MR) is 97.1 cm³/mol. The molecule has 0 bridgehead atoms. The molecule has 7 nitrogen and oxygen atoms in total. The lowest BCUT2D eigenvalue weighted by Gasteiger charge is -2.21. The molecule has 1 aromatic carbocycles. The van der Waals surface area contributed by atoms with Gasteiger partial charge in [-0.05, 0) is 31.0 Å². The van der Waals surface area contributed by atoms with Gasteiger partial charge in [-0.25, -0.2) is 19.2 Å². The van der Waals surface area contributed by atoms with Crippen molar-refractivity contribution in [3.8, 4) is 0 Å². The summed E-state index contributed by atoms with van der Waals surface area (Å²) >= 11 is 0. The molecule has 2 amide bonds. The van der Waals surface area contributed by atoms with E-state index < -0.39 is 6.03 Å². The minimum absolute atomic E-state index is 0.0486. The van der Waals surface area contributed by atoms with Crippen molar-refractivity contribution in [2.24, 2.45) is 5.92 Å². The first-order chi connectivity index (χ1) is 12.3. The van der Waals surface area contributed by atoms with Crippen molar-refractivity contribution in [1.82, 2.24) is 15.3 Å². The number of hydrogen-bond acceptors (Lipinski definition) is 5. The molecule has 0 aliphatic heterocycles. The molecule has 1 unspecified atom stereocenters. The Balaban J connectivity index is 1.84. The molecule has 1 atom stereocenters. The molecule has 0 saturated heterocycles. The molecule has 0 aliphatic rings. The van der Waals surface area contributed by atoms with Crippen LogP contribution in [0.3, 0.4) is 0 Å². The number of halogens is 1. The summed E-state index contributed by atoms with van der Waals surface area (Å²) in [6.45, 7) is 5.78. The molecule has 4 N–H and O–H groups in total. The quantitative estimate of drug-likeness (QED) is 0.659. The Labute approximate surface area is 149 Å². The molecule has 0 aliphatic carbocycles. The molecule has 8 heteroatoms. The van der Waals surface area contributed by atoms with Crippen LogP contribution in [0, 0.1) is 18.7 Å². The second kappa shape index (κ2) is 6.99. The number of carbonyl (C=O) groups is 1. The third kappa shape index (κ3) is 3.58. The molecule has 2 aromatic heterocycles. The summed E-state index contributed by atoms with van der Waals surface area (Å²) in [6.07, 6.45) is 2.84. The lowest BCUT2D eigenvalue weighted by Crippen LogP contribution is -2.35. The van der Waals surface area contributed by atoms with Gasteiger partial charge in [0, 0.05) is 10.9 Å². The number of aromatic nitrogens is 2. The number of fused-ring (bicyclic) bond motifs is 1. The van der Waals surface area contributed by atoms with Gasteiger partial charge in [0.15, 0.2) is 0 Å². The first-order valence-corrected chi connectivity index (χ1v) is 8.18. The summed E-state index contributed by atoms with van der Waals surface area (Å²) in [4.78, 5) is 20.0. The van der Waals surface area contributed by atoms with E-state index in [-0.39, 0.29) is 23.7 Å². The zero-order chi connectivity index (χ0) is 18.8. The van der Waals surface area contributed by atoms with E-state index in [1.165, 1.54) is 24.5 Å². The summed E-state index contributed by atoms with van der Waals surface area (Å²) in [5.41, 5.74) is 7.23. The number of amides is 2. The molecule has 136 valence electrons. The summed E-state index contributed by atoms with van der Waals surface area (Å²) in [6, 6.07) is 3.55. The van der Waals surface area contributed by atoms with Crippen molar-refractivity contribution in [2.75, 3.05) is 11.1 Å². The van der Waals surface area contributed by atoms with E-state index in [0.29, 0.717) is 22.4 Å². The second-order valence-electron chi connectivity index (χ2n) is 6.38. The molecular formula is C18H20FN5O2. The maximum Gasteiger partial charge on any atom is 0.319 e. The number of nitrogens with two attached hydrogens (primary N) is 1. The minimum atomic E-state index is -0.428. The van der Waals surface area contributed by atoms with Gasteiger partial charge in [0.1, 0.15) is 17.2 Å². The Morgan fingerprint density at radius 2 is 1.96 bits per heavy atom. The van der Waals surface area contributed by atoms with Crippen molar-refractivity contribution < 1.29 is 13.6 Å². The Bertz CT molecular complexity index is 937. The van der Waals surface area contributed by atoms with Crippen LogP contribution in [0.2, 0.25) is 0 Å². The van der Waals surface area contributed by atoms with Gasteiger partial charge >= 0.3 is 6.03 Å². The summed E-state index contributed by atoms with van der Waals surface area (Å²) < 4.78 is 19.4. The number of rotatable bonds is 4. The van der Waals surface area contributed by atoms with Crippen molar-refractivity contribution in [3.05, 3.63) is 47.7 Å². The van der Waals surface area contributed by atoms with Crippen molar-refractivity contribution in [2.45, 2.75) is 26.8 Å². The topological polar surface area (TPSA) is 106 Å². The molecule has 26 heavy (non-hydrogen) atoms. The molecule has 0 radical (unpaired) electrons. The van der Waals surface area contributed by atoms with Gasteiger partial charge in [0.25, 0.3) is 0 Å². The fourth-order valence-corrected chi connectivity index (χ4v) is 2.75. The van der Waals surface area contributed by atoms with Crippen LogP contribution in [0.25, 0.3) is 11.0 Å². The van der Waals surface area contributed by atoms with Crippen LogP contribution >= 0.6 is 0 Å². The SMILES string of the molecule is Cc1c(C(NC(=O)Nc2cnc(N)nc2)C(C)C)oc2ccc(F)cc12. The van der Waals surface area contributed by atoms with Gasteiger partial charge in [-0.15, -0.1) is 0 Å². The highest BCUT2D eigenvalue weighted by atomic mass is 19.1. The number of nitrogens with zero attached hydrogens (tertiary/aromatic N) is 2. The van der Waals surface area contributed by atoms with Gasteiger partial charge in [-0.2, -0.15) is 0 Å². The maximum absolute atomic E-state index is 13.5. The molecule has 3 rings (SSSR count). The van der Waals surface area contributed by atoms with Gasteiger partial charge in [-0.1, -0.05) is 13.8 Å². The Kier molecular flexibility index (Phi) is 4.75. The largest absolute Gasteiger partial charge is 0.459 e. The Morgan fingerprint density at radius 3 is 2.62 bits per heavy atom. The third-order valence-corrected chi connectivity index (χ3v) is 4.10. The van der Waals surface area contributed by atoms with E-state index in [9.17, 15) is 9.18 Å². The number of urea groups is 1. The number of benzene rings is 1. The molecule has 3 aromatic rings. The first-order valence-electron chi connectivity index (χ1n) is 8.18. The minimum Gasteiger partial charge on any atom is -0.459 e. The highest BCUT2D eigenvalue weighted by Crippen LogP contribution is 2.33. The van der Waals surface area contributed by atoms with Crippen LogP contribution < -0.4 is 16.4 Å². The van der Waals surface area contributed by atoms with Crippen LogP contribution in [0.5, 0.6) is 0 Å². The smallest absolute Gasteiger partial charge is 0.319 e. The van der Waals surface area contributed by atoms with E-state index in [0.717, 1.165) is 5.56 Å². The van der Waals surface area contributed by atoms with E-state index >= 15 is 0 Å². The summed E-state index contributed by atoms with van der Waals surface area (Å²) in [5, 5.41) is 6.24. The van der Waals surface area contributed by atoms with Crippen molar-refractivity contribution in [1.29, 1.82) is 0 Å². The lowest BCUT2D eigenvalue weighted by molar-refractivity contribution is 0.241. The third-order valence-electron chi connectivity index (χ3n) is 4.10. The zero-order valence-corrected chi connectivity index (χ0v) is 14.7. The Morgan fingerprint density at radius 1 is 1.27 bits per heavy atom. The summed E-state index contributed by atoms with van der Waals surface area (Å²) in [7, 11) is 0. The number of nitrogens with one attached hydrogen (secondary N) is 2. The summed E-state index contributed by atoms with van der Waals surface area (Å²) in [5.74, 6) is 0.445. The highest BCUT2D eigenvalue weighted by Gasteiger charge is 2.25. The number of nitrogen functional groups attached to an aromatic ring is 1. The number of furan rings is 1. The molecular weight excluding hydrogens is 337 g/mol. The average Bonchev–Trinajstić information content (AvgIpc) is 2.91. The molecule has 0 saturated carbocycles. The zero-order valence-electron chi connectivity index (χ0n) is 14.7. The van der Waals surface area contributed by atoms with Crippen molar-refractivity contribution >= 4 is 28.6 Å². The van der Waals surface area contributed by atoms with Gasteiger partial charge in [0.05, 0.1) is 24.1 Å². The van der Waals surface area contributed by atoms with Crippen molar-refractivity contribution in [3.63, 3.8) is 0 Å². The first kappa shape index (κ1) is 17.7. The normalized spacial score (nSPS) is 12.3. The number of aryl methyl sites for hydroxylation is 1. The average molecular weight is 357 g/mol. The maximum atomic E-state index is 13.5. The number of anilines is 2. The van der Waals surface area contributed by atoms with Crippen LogP contribution in [0.1, 0.15) is 31.2 Å². The highest BCUT2D eigenvalue weighted by molar-refractivity contribution is 5.89. The molecule has 0 spiro atoms. The fourth-order valence-electron chi connectivity index (χ4n) is 2.75. The van der Waals surface area contributed by atoms with E-state index in [4.69, 9.17) is 10.2 Å². The van der Waals surface area contributed by atoms with E-state index in [1.54, 1.807) is 6.07 Å². The van der Waals surface area contributed by atoms with E-state index in [1.807, 2.05) is 20.8 Å². The lowest BCUT2D eigenvalue weighted by atomic mass is 9.98. The van der Waals surface area contributed by atoms with Crippen LogP contribution in [0.15, 0.2) is 35.0 Å². The van der Waals surface area contributed by atoms with E-state index in [2.05, 4.69) is 20.6 Å². The fraction of sp³-hybridized carbons (Fsp3) is 0.278. The number of hydrogen-bond donors (Lipinski definition) is 3. The van der Waals surface area contributed by atoms with Gasteiger partial charge in [0.2, 0.25) is 5.95 Å². The molecule has 0 fully saturated rings. The van der Waals surface area contributed by atoms with Crippen LogP contribution in [0.4, 0.5) is 20.8 Å². The van der Waals surface area contributed by atoms with Gasteiger partial charge in [-0.3, -0.25) is 0 Å². The standard InChI is InChI=1S/C18H20FN5O2/c1-9(2)15(24-18(25)23-12-7-21-17(20)22-8-12)16-10(3)13-6-11(19)4-5-14(13)26-16/h4-9,15H,1-3H3,(H2,20,21,22)(H2,23,24,25). The Hall–Kier alpha value is -3.16. The number of carbonyl (C=O) groups excluding carboxylic acids is 1.